The number of anilines is 1. The summed E-state index contributed by atoms with van der Waals surface area (Å²) in [4.78, 5) is 2.17. The Bertz CT molecular complexity index is 370. The van der Waals surface area contributed by atoms with Gasteiger partial charge in [-0.25, -0.2) is 0 Å². The molecule has 1 heterocycles. The fourth-order valence-electron chi connectivity index (χ4n) is 2.48. The van der Waals surface area contributed by atoms with Crippen LogP contribution in [0.15, 0.2) is 24.3 Å². The van der Waals surface area contributed by atoms with Crippen LogP contribution in [0, 0.1) is 5.92 Å². The summed E-state index contributed by atoms with van der Waals surface area (Å²) in [6, 6.07) is 7.79. The highest BCUT2D eigenvalue weighted by atomic mass is 16.3. The second-order valence-corrected chi connectivity index (χ2v) is 4.88. The number of nitrogens with two attached hydrogens (primary N) is 1. The number of piperidine rings is 1. The van der Waals surface area contributed by atoms with Gasteiger partial charge in [-0.2, -0.15) is 0 Å². The van der Waals surface area contributed by atoms with Crippen molar-refractivity contribution in [2.45, 2.75) is 19.1 Å². The molecule has 1 saturated heterocycles. The Labute approximate surface area is 102 Å². The van der Waals surface area contributed by atoms with E-state index in [1.54, 1.807) is 0 Å². The van der Waals surface area contributed by atoms with E-state index in [2.05, 4.69) is 4.90 Å². The summed E-state index contributed by atoms with van der Waals surface area (Å²) < 4.78 is 0. The Morgan fingerprint density at radius 1 is 1.35 bits per heavy atom. The second kappa shape index (κ2) is 5.49. The van der Waals surface area contributed by atoms with Crippen molar-refractivity contribution in [1.82, 2.24) is 4.90 Å². The molecule has 1 unspecified atom stereocenters. The minimum atomic E-state index is -0.332. The van der Waals surface area contributed by atoms with Gasteiger partial charge in [-0.15, -0.1) is 0 Å². The van der Waals surface area contributed by atoms with E-state index in [9.17, 15) is 10.2 Å². The van der Waals surface area contributed by atoms with Crippen LogP contribution in [0.25, 0.3) is 0 Å². The average molecular weight is 236 g/mol. The number of hydrogen-bond donors (Lipinski definition) is 3. The molecule has 1 fully saturated rings. The predicted octanol–water partition coefficient (Wildman–Crippen LogP) is 0.444. The first-order chi connectivity index (χ1) is 8.17. The quantitative estimate of drug-likeness (QED) is 0.666. The second-order valence-electron chi connectivity index (χ2n) is 4.88. The van der Waals surface area contributed by atoms with E-state index in [0.29, 0.717) is 13.0 Å². The number of likely N-dealkylation sites (tertiary alicyclic amines) is 1. The molecule has 2 atom stereocenters. The van der Waals surface area contributed by atoms with E-state index >= 15 is 0 Å². The summed E-state index contributed by atoms with van der Waals surface area (Å²) >= 11 is 0. The van der Waals surface area contributed by atoms with E-state index in [1.165, 1.54) is 0 Å². The van der Waals surface area contributed by atoms with Gasteiger partial charge in [0.1, 0.15) is 0 Å². The van der Waals surface area contributed by atoms with Gasteiger partial charge in [0.25, 0.3) is 0 Å². The van der Waals surface area contributed by atoms with Crippen LogP contribution in [0.3, 0.4) is 0 Å². The maximum Gasteiger partial charge on any atom is 0.0671 e. The molecule has 0 aromatic heterocycles. The fraction of sp³-hybridized carbons (Fsp3) is 0.538. The molecule has 4 N–H and O–H groups in total. The summed E-state index contributed by atoms with van der Waals surface area (Å²) in [5.74, 6) is 0.180. The number of hydrogen-bond acceptors (Lipinski definition) is 4. The highest BCUT2D eigenvalue weighted by molar-refractivity contribution is 5.40. The van der Waals surface area contributed by atoms with Gasteiger partial charge in [0, 0.05) is 31.9 Å². The molecular formula is C13H20N2O2. The van der Waals surface area contributed by atoms with Crippen LogP contribution in [-0.4, -0.2) is 40.9 Å². The van der Waals surface area contributed by atoms with Crippen molar-refractivity contribution in [3.05, 3.63) is 29.8 Å². The lowest BCUT2D eigenvalue weighted by Crippen LogP contribution is -2.43. The molecule has 1 aliphatic heterocycles. The summed E-state index contributed by atoms with van der Waals surface area (Å²) in [7, 11) is 0. The Morgan fingerprint density at radius 2 is 2.18 bits per heavy atom. The Kier molecular flexibility index (Phi) is 3.99. The van der Waals surface area contributed by atoms with Crippen LogP contribution >= 0.6 is 0 Å². The number of aliphatic hydroxyl groups is 2. The van der Waals surface area contributed by atoms with E-state index < -0.39 is 0 Å². The lowest BCUT2D eigenvalue weighted by molar-refractivity contribution is 0.0177. The first-order valence-electron chi connectivity index (χ1n) is 6.03. The smallest absolute Gasteiger partial charge is 0.0671 e. The summed E-state index contributed by atoms with van der Waals surface area (Å²) in [6.45, 7) is 2.43. The van der Waals surface area contributed by atoms with Crippen LogP contribution in [0.1, 0.15) is 12.0 Å². The van der Waals surface area contributed by atoms with Gasteiger partial charge in [0.05, 0.1) is 6.10 Å². The molecular weight excluding hydrogens is 216 g/mol. The maximum absolute atomic E-state index is 9.74. The third-order valence-corrected chi connectivity index (χ3v) is 3.21. The zero-order valence-corrected chi connectivity index (χ0v) is 9.92. The largest absolute Gasteiger partial charge is 0.399 e. The van der Waals surface area contributed by atoms with Crippen molar-refractivity contribution < 1.29 is 10.2 Å². The van der Waals surface area contributed by atoms with Crippen LogP contribution in [0.4, 0.5) is 5.69 Å². The van der Waals surface area contributed by atoms with Crippen LogP contribution in [0.5, 0.6) is 0 Å². The first kappa shape index (κ1) is 12.4. The normalized spacial score (nSPS) is 26.0. The third kappa shape index (κ3) is 3.43. The lowest BCUT2D eigenvalue weighted by Gasteiger charge is -2.34. The van der Waals surface area contributed by atoms with Gasteiger partial charge in [0.15, 0.2) is 0 Å². The molecule has 4 heteroatoms. The molecule has 1 aromatic rings. The first-order valence-corrected chi connectivity index (χ1v) is 6.03. The molecule has 0 radical (unpaired) electrons. The van der Waals surface area contributed by atoms with E-state index in [1.807, 2.05) is 24.3 Å². The number of benzene rings is 1. The van der Waals surface area contributed by atoms with E-state index in [4.69, 9.17) is 5.73 Å². The number of nitrogen functional groups attached to an aromatic ring is 1. The van der Waals surface area contributed by atoms with Crippen molar-refractivity contribution in [3.63, 3.8) is 0 Å². The molecule has 0 amide bonds. The van der Waals surface area contributed by atoms with E-state index in [0.717, 1.165) is 24.3 Å². The molecule has 0 spiro atoms. The fourth-order valence-corrected chi connectivity index (χ4v) is 2.48. The average Bonchev–Trinajstić information content (AvgIpc) is 2.28. The Balaban J connectivity index is 1.98. The van der Waals surface area contributed by atoms with Gasteiger partial charge in [-0.05, 0) is 30.0 Å². The predicted molar refractivity (Wildman–Crippen MR) is 67.3 cm³/mol. The van der Waals surface area contributed by atoms with Crippen LogP contribution in [0.2, 0.25) is 0 Å². The Hall–Kier alpha value is -1.10. The SMILES string of the molecule is Nc1cccc(CN2CC(CO)C[C@H](O)C2)c1. The number of nitrogens with zero attached hydrogens (tertiary/aromatic N) is 1. The van der Waals surface area contributed by atoms with Crippen molar-refractivity contribution >= 4 is 5.69 Å². The van der Waals surface area contributed by atoms with E-state index in [-0.39, 0.29) is 18.6 Å². The van der Waals surface area contributed by atoms with Crippen molar-refractivity contribution in [2.24, 2.45) is 5.92 Å². The molecule has 94 valence electrons. The van der Waals surface area contributed by atoms with Gasteiger partial charge >= 0.3 is 0 Å². The van der Waals surface area contributed by atoms with Crippen molar-refractivity contribution in [3.8, 4) is 0 Å². The third-order valence-electron chi connectivity index (χ3n) is 3.21. The standard InChI is InChI=1S/C13H20N2O2/c14-12-3-1-2-10(4-12)6-15-7-11(9-16)5-13(17)8-15/h1-4,11,13,16-17H,5-9,14H2/t11?,13-/m0/s1. The zero-order valence-electron chi connectivity index (χ0n) is 9.92. The van der Waals surface area contributed by atoms with Gasteiger partial charge in [0.2, 0.25) is 0 Å². The molecule has 1 aliphatic rings. The summed E-state index contributed by atoms with van der Waals surface area (Å²) in [5.41, 5.74) is 7.65. The van der Waals surface area contributed by atoms with Crippen LogP contribution < -0.4 is 5.73 Å². The monoisotopic (exact) mass is 236 g/mol. The van der Waals surface area contributed by atoms with Gasteiger partial charge < -0.3 is 15.9 Å². The molecule has 17 heavy (non-hydrogen) atoms. The minimum absolute atomic E-state index is 0.143. The molecule has 2 rings (SSSR count). The Morgan fingerprint density at radius 3 is 2.88 bits per heavy atom. The molecule has 0 bridgehead atoms. The lowest BCUT2D eigenvalue weighted by atomic mass is 9.96. The number of rotatable bonds is 3. The molecule has 1 aromatic carbocycles. The zero-order chi connectivity index (χ0) is 12.3. The highest BCUT2D eigenvalue weighted by Gasteiger charge is 2.25. The van der Waals surface area contributed by atoms with Crippen molar-refractivity contribution in [1.29, 1.82) is 0 Å². The minimum Gasteiger partial charge on any atom is -0.399 e. The van der Waals surface area contributed by atoms with Crippen LogP contribution in [-0.2, 0) is 6.54 Å². The van der Waals surface area contributed by atoms with Crippen molar-refractivity contribution in [2.75, 3.05) is 25.4 Å². The summed E-state index contributed by atoms with van der Waals surface area (Å²) in [5, 5.41) is 18.9. The topological polar surface area (TPSA) is 69.7 Å². The molecule has 4 nitrogen and oxygen atoms in total. The number of β-amino-alcohol motifs (C(OH)–C–C–N with tert-alkyl or cyclic N) is 1. The maximum atomic E-state index is 9.74. The van der Waals surface area contributed by atoms with Gasteiger partial charge in [-0.1, -0.05) is 12.1 Å². The summed E-state index contributed by atoms with van der Waals surface area (Å²) in [6.07, 6.45) is 0.367. The highest BCUT2D eigenvalue weighted by Crippen LogP contribution is 2.19. The van der Waals surface area contributed by atoms with Gasteiger partial charge in [-0.3, -0.25) is 4.90 Å². The molecule has 0 saturated carbocycles. The molecule has 0 aliphatic carbocycles. The number of aliphatic hydroxyl groups excluding tert-OH is 2.